The maximum absolute atomic E-state index is 11.6. The average molecular weight is 266 g/mol. The van der Waals surface area contributed by atoms with Gasteiger partial charge in [-0.1, -0.05) is 32.3 Å². The maximum atomic E-state index is 11.6. The molecule has 106 valence electrons. The van der Waals surface area contributed by atoms with Crippen LogP contribution in [0.5, 0.6) is 11.5 Å². The lowest BCUT2D eigenvalue weighted by atomic mass is 10.2. The molecule has 0 saturated heterocycles. The van der Waals surface area contributed by atoms with Crippen LogP contribution in [0.25, 0.3) is 0 Å². The van der Waals surface area contributed by atoms with Gasteiger partial charge in [0.15, 0.2) is 11.5 Å². The molecule has 1 aromatic rings. The molecule has 0 aromatic heterocycles. The van der Waals surface area contributed by atoms with E-state index in [0.29, 0.717) is 23.7 Å². The number of methoxy groups -OCH3 is 2. The van der Waals surface area contributed by atoms with Gasteiger partial charge in [-0.3, -0.25) is 0 Å². The van der Waals surface area contributed by atoms with Crippen LogP contribution >= 0.6 is 0 Å². The molecule has 0 aliphatic rings. The molecule has 1 rings (SSSR count). The highest BCUT2D eigenvalue weighted by atomic mass is 16.5. The van der Waals surface area contributed by atoms with Crippen molar-refractivity contribution < 1.29 is 19.0 Å². The summed E-state index contributed by atoms with van der Waals surface area (Å²) in [6.45, 7) is 2.80. The maximum Gasteiger partial charge on any atom is 0.341 e. The molecular formula is C15H22O4. The number of ether oxygens (including phenoxy) is 3. The van der Waals surface area contributed by atoms with E-state index in [1.807, 2.05) is 0 Å². The highest BCUT2D eigenvalue weighted by Gasteiger charge is 2.16. The lowest BCUT2D eigenvalue weighted by Crippen LogP contribution is -2.06. The molecule has 0 amide bonds. The molecule has 0 unspecified atom stereocenters. The zero-order chi connectivity index (χ0) is 14.1. The third-order valence-corrected chi connectivity index (χ3v) is 2.84. The highest BCUT2D eigenvalue weighted by Crippen LogP contribution is 2.31. The Labute approximate surface area is 114 Å². The summed E-state index contributed by atoms with van der Waals surface area (Å²) in [7, 11) is 2.87. The molecule has 19 heavy (non-hydrogen) atoms. The molecule has 0 aliphatic carbocycles. The molecule has 0 atom stereocenters. The fourth-order valence-electron chi connectivity index (χ4n) is 1.82. The van der Waals surface area contributed by atoms with Crippen molar-refractivity contribution in [3.05, 3.63) is 23.8 Å². The predicted molar refractivity (Wildman–Crippen MR) is 74.0 cm³/mol. The SMILES string of the molecule is CCCCCCOc1cccc(C(=O)OC)c1OC. The summed E-state index contributed by atoms with van der Waals surface area (Å²) < 4.78 is 15.6. The molecule has 0 aliphatic heterocycles. The van der Waals surface area contributed by atoms with Crippen molar-refractivity contribution in [1.82, 2.24) is 0 Å². The van der Waals surface area contributed by atoms with E-state index in [9.17, 15) is 4.79 Å². The van der Waals surface area contributed by atoms with Crippen LogP contribution in [0.3, 0.4) is 0 Å². The summed E-state index contributed by atoms with van der Waals surface area (Å²) in [5, 5.41) is 0. The summed E-state index contributed by atoms with van der Waals surface area (Å²) >= 11 is 0. The van der Waals surface area contributed by atoms with Gasteiger partial charge in [-0.05, 0) is 18.6 Å². The van der Waals surface area contributed by atoms with Gasteiger partial charge in [-0.2, -0.15) is 0 Å². The van der Waals surface area contributed by atoms with Gasteiger partial charge in [0.1, 0.15) is 5.56 Å². The van der Waals surface area contributed by atoms with Crippen LogP contribution in [0.15, 0.2) is 18.2 Å². The second kappa shape index (κ2) is 8.40. The van der Waals surface area contributed by atoms with E-state index in [1.54, 1.807) is 18.2 Å². The van der Waals surface area contributed by atoms with E-state index in [4.69, 9.17) is 14.2 Å². The fraction of sp³-hybridized carbons (Fsp3) is 0.533. The third-order valence-electron chi connectivity index (χ3n) is 2.84. The van der Waals surface area contributed by atoms with Crippen LogP contribution < -0.4 is 9.47 Å². The number of esters is 1. The summed E-state index contributed by atoms with van der Waals surface area (Å²) in [6.07, 6.45) is 4.55. The number of hydrogen-bond acceptors (Lipinski definition) is 4. The molecule has 0 saturated carbocycles. The number of carbonyl (C=O) groups is 1. The first-order valence-electron chi connectivity index (χ1n) is 6.62. The zero-order valence-electron chi connectivity index (χ0n) is 11.9. The van der Waals surface area contributed by atoms with E-state index in [1.165, 1.54) is 27.1 Å². The van der Waals surface area contributed by atoms with Crippen molar-refractivity contribution >= 4 is 5.97 Å². The molecule has 0 N–H and O–H groups in total. The van der Waals surface area contributed by atoms with Crippen molar-refractivity contribution in [3.63, 3.8) is 0 Å². The average Bonchev–Trinajstić information content (AvgIpc) is 2.45. The van der Waals surface area contributed by atoms with Gasteiger partial charge in [0.05, 0.1) is 20.8 Å². The smallest absolute Gasteiger partial charge is 0.341 e. The van der Waals surface area contributed by atoms with E-state index in [-0.39, 0.29) is 0 Å². The second-order valence-corrected chi connectivity index (χ2v) is 4.24. The van der Waals surface area contributed by atoms with Crippen molar-refractivity contribution in [1.29, 1.82) is 0 Å². The van der Waals surface area contributed by atoms with Gasteiger partial charge in [0, 0.05) is 0 Å². The van der Waals surface area contributed by atoms with Gasteiger partial charge >= 0.3 is 5.97 Å². The minimum absolute atomic E-state index is 0.385. The van der Waals surface area contributed by atoms with E-state index < -0.39 is 5.97 Å². The van der Waals surface area contributed by atoms with Crippen LogP contribution in [-0.4, -0.2) is 26.8 Å². The van der Waals surface area contributed by atoms with E-state index >= 15 is 0 Å². The highest BCUT2D eigenvalue weighted by molar-refractivity contribution is 5.93. The predicted octanol–water partition coefficient (Wildman–Crippen LogP) is 3.44. The Hall–Kier alpha value is -1.71. The lowest BCUT2D eigenvalue weighted by molar-refractivity contribution is 0.0596. The molecule has 0 bridgehead atoms. The van der Waals surface area contributed by atoms with Gasteiger partial charge in [-0.25, -0.2) is 4.79 Å². The first kappa shape index (κ1) is 15.3. The standard InChI is InChI=1S/C15H22O4/c1-4-5-6-7-11-19-13-10-8-9-12(14(13)17-2)15(16)18-3/h8-10H,4-7,11H2,1-3H3. The third kappa shape index (κ3) is 4.47. The molecular weight excluding hydrogens is 244 g/mol. The summed E-state index contributed by atoms with van der Waals surface area (Å²) in [6, 6.07) is 5.22. The van der Waals surface area contributed by atoms with Crippen molar-refractivity contribution in [2.75, 3.05) is 20.8 Å². The van der Waals surface area contributed by atoms with Crippen LogP contribution in [0.4, 0.5) is 0 Å². The Balaban J connectivity index is 2.69. The molecule has 0 spiro atoms. The fourth-order valence-corrected chi connectivity index (χ4v) is 1.82. The summed E-state index contributed by atoms with van der Waals surface area (Å²) in [4.78, 5) is 11.6. The number of para-hydroxylation sites is 1. The van der Waals surface area contributed by atoms with E-state index in [2.05, 4.69) is 6.92 Å². The van der Waals surface area contributed by atoms with E-state index in [0.717, 1.165) is 12.8 Å². The number of carbonyl (C=O) groups excluding carboxylic acids is 1. The van der Waals surface area contributed by atoms with Crippen molar-refractivity contribution in [2.45, 2.75) is 32.6 Å². The number of benzene rings is 1. The Morgan fingerprint density at radius 1 is 1.16 bits per heavy atom. The molecule has 4 nitrogen and oxygen atoms in total. The zero-order valence-corrected chi connectivity index (χ0v) is 11.9. The largest absolute Gasteiger partial charge is 0.492 e. The molecule has 4 heteroatoms. The summed E-state index contributed by atoms with van der Waals surface area (Å²) in [5.74, 6) is 0.597. The van der Waals surface area contributed by atoms with Gasteiger partial charge in [-0.15, -0.1) is 0 Å². The first-order valence-corrected chi connectivity index (χ1v) is 6.62. The quantitative estimate of drug-likeness (QED) is 0.534. The lowest BCUT2D eigenvalue weighted by Gasteiger charge is -2.13. The van der Waals surface area contributed by atoms with Gasteiger partial charge < -0.3 is 14.2 Å². The normalized spacial score (nSPS) is 10.1. The van der Waals surface area contributed by atoms with Crippen LogP contribution in [-0.2, 0) is 4.74 Å². The number of unbranched alkanes of at least 4 members (excludes halogenated alkanes) is 3. The summed E-state index contributed by atoms with van der Waals surface area (Å²) in [5.41, 5.74) is 0.385. The van der Waals surface area contributed by atoms with Crippen LogP contribution in [0.2, 0.25) is 0 Å². The van der Waals surface area contributed by atoms with Crippen LogP contribution in [0.1, 0.15) is 43.0 Å². The Morgan fingerprint density at radius 3 is 2.58 bits per heavy atom. The minimum atomic E-state index is -0.423. The first-order chi connectivity index (χ1) is 9.24. The number of rotatable bonds is 8. The minimum Gasteiger partial charge on any atom is -0.492 e. The number of hydrogen-bond donors (Lipinski definition) is 0. The second-order valence-electron chi connectivity index (χ2n) is 4.24. The molecule has 0 radical (unpaired) electrons. The Morgan fingerprint density at radius 2 is 1.95 bits per heavy atom. The van der Waals surface area contributed by atoms with Crippen LogP contribution in [0, 0.1) is 0 Å². The monoisotopic (exact) mass is 266 g/mol. The van der Waals surface area contributed by atoms with Crippen molar-refractivity contribution in [2.24, 2.45) is 0 Å². The molecule has 0 heterocycles. The molecule has 1 aromatic carbocycles. The Bertz CT molecular complexity index is 401. The van der Waals surface area contributed by atoms with Gasteiger partial charge in [0.2, 0.25) is 0 Å². The van der Waals surface area contributed by atoms with Gasteiger partial charge in [0.25, 0.3) is 0 Å². The molecule has 0 fully saturated rings. The topological polar surface area (TPSA) is 44.8 Å². The Kier molecular flexibility index (Phi) is 6.79. The van der Waals surface area contributed by atoms with Crippen molar-refractivity contribution in [3.8, 4) is 11.5 Å².